The third-order valence-electron chi connectivity index (χ3n) is 4.66. The van der Waals surface area contributed by atoms with Crippen molar-refractivity contribution in [1.29, 1.82) is 0 Å². The van der Waals surface area contributed by atoms with Crippen molar-refractivity contribution in [1.82, 2.24) is 14.8 Å². The quantitative estimate of drug-likeness (QED) is 0.863. The molecule has 1 saturated heterocycles. The smallest absolute Gasteiger partial charge is 0.267 e. The van der Waals surface area contributed by atoms with Crippen LogP contribution >= 0.6 is 11.8 Å². The Morgan fingerprint density at radius 2 is 2.17 bits per heavy atom. The van der Waals surface area contributed by atoms with Crippen molar-refractivity contribution in [2.45, 2.75) is 37.6 Å². The van der Waals surface area contributed by atoms with E-state index in [1.165, 1.54) is 5.69 Å². The first kappa shape index (κ1) is 14.8. The van der Waals surface area contributed by atoms with Gasteiger partial charge in [-0.3, -0.25) is 9.78 Å². The van der Waals surface area contributed by atoms with Gasteiger partial charge in [-0.1, -0.05) is 0 Å². The number of aromatic nitrogens is 3. The first-order valence-corrected chi connectivity index (χ1v) is 9.31. The van der Waals surface area contributed by atoms with E-state index in [0.717, 1.165) is 48.6 Å². The minimum absolute atomic E-state index is 0.0350. The van der Waals surface area contributed by atoms with E-state index in [-0.39, 0.29) is 5.56 Å². The molecule has 0 bridgehead atoms. The predicted octanol–water partition coefficient (Wildman–Crippen LogP) is 2.10. The zero-order valence-corrected chi connectivity index (χ0v) is 13.8. The van der Waals surface area contributed by atoms with Gasteiger partial charge in [-0.2, -0.15) is 16.9 Å². The number of rotatable bonds is 3. The van der Waals surface area contributed by atoms with Crippen LogP contribution in [-0.4, -0.2) is 33.1 Å². The summed E-state index contributed by atoms with van der Waals surface area (Å²) in [5, 5.41) is 4.66. The lowest BCUT2D eigenvalue weighted by Crippen LogP contribution is -2.37. The minimum atomic E-state index is 0.0350. The Morgan fingerprint density at radius 1 is 1.30 bits per heavy atom. The highest BCUT2D eigenvalue weighted by Gasteiger charge is 2.26. The second-order valence-corrected chi connectivity index (χ2v) is 7.24. The van der Waals surface area contributed by atoms with Crippen LogP contribution in [0.15, 0.2) is 35.4 Å². The Kier molecular flexibility index (Phi) is 4.08. The second kappa shape index (κ2) is 6.35. The largest absolute Gasteiger partial charge is 0.367 e. The number of thioether (sulfide) groups is 1. The summed E-state index contributed by atoms with van der Waals surface area (Å²) in [4.78, 5) is 18.9. The molecule has 0 saturated carbocycles. The average molecular weight is 328 g/mol. The Balaban J connectivity index is 1.59. The third-order valence-corrected chi connectivity index (χ3v) is 5.67. The molecule has 120 valence electrons. The Morgan fingerprint density at radius 3 is 3.04 bits per heavy atom. The number of pyridine rings is 1. The summed E-state index contributed by atoms with van der Waals surface area (Å²) in [6.07, 6.45) is 6.88. The fraction of sp³-hybridized carbons (Fsp3) is 0.471. The Labute approximate surface area is 139 Å². The topological polar surface area (TPSA) is 51.0 Å². The summed E-state index contributed by atoms with van der Waals surface area (Å²) in [5.74, 6) is 2.02. The molecule has 0 aromatic carbocycles. The summed E-state index contributed by atoms with van der Waals surface area (Å²) in [6.45, 7) is 1.70. The maximum absolute atomic E-state index is 12.4. The molecule has 1 unspecified atom stereocenters. The van der Waals surface area contributed by atoms with Gasteiger partial charge in [-0.05, 0) is 36.3 Å². The molecule has 0 amide bonds. The van der Waals surface area contributed by atoms with Crippen molar-refractivity contribution < 1.29 is 0 Å². The summed E-state index contributed by atoms with van der Waals surface area (Å²) >= 11 is 1.88. The average Bonchev–Trinajstić information content (AvgIpc) is 3.04. The van der Waals surface area contributed by atoms with Crippen LogP contribution < -0.4 is 10.5 Å². The van der Waals surface area contributed by atoms with Gasteiger partial charge in [0.1, 0.15) is 0 Å². The van der Waals surface area contributed by atoms with Gasteiger partial charge in [0, 0.05) is 48.9 Å². The molecule has 4 heterocycles. The molecule has 1 atom stereocenters. The molecule has 4 rings (SSSR count). The van der Waals surface area contributed by atoms with E-state index in [2.05, 4.69) is 15.0 Å². The van der Waals surface area contributed by atoms with Gasteiger partial charge in [0.15, 0.2) is 0 Å². The predicted molar refractivity (Wildman–Crippen MR) is 93.0 cm³/mol. The molecule has 2 aliphatic rings. The Bertz CT molecular complexity index is 746. The standard InChI is InChI=1S/C17H20N4OS/c22-17-10-13-12-23-9-5-16(13)19-21(17)11-15-2-1-8-20(15)14-3-6-18-7-4-14/h3-4,6-7,10,15H,1-2,5,8-9,11-12H2. The number of anilines is 1. The first-order chi connectivity index (χ1) is 11.3. The van der Waals surface area contributed by atoms with Crippen LogP contribution in [0.4, 0.5) is 5.69 Å². The van der Waals surface area contributed by atoms with Crippen LogP contribution in [-0.2, 0) is 18.7 Å². The van der Waals surface area contributed by atoms with Gasteiger partial charge in [0.25, 0.3) is 5.56 Å². The SMILES string of the molecule is O=c1cc2c(nn1CC1CCCN1c1ccncc1)CCSC2. The molecule has 6 heteroatoms. The van der Waals surface area contributed by atoms with E-state index in [0.29, 0.717) is 12.6 Å². The molecule has 2 aromatic heterocycles. The third kappa shape index (κ3) is 3.00. The highest BCUT2D eigenvalue weighted by Crippen LogP contribution is 2.26. The van der Waals surface area contributed by atoms with Gasteiger partial charge in [-0.25, -0.2) is 4.68 Å². The van der Waals surface area contributed by atoms with E-state index in [4.69, 9.17) is 0 Å². The fourth-order valence-electron chi connectivity index (χ4n) is 3.48. The van der Waals surface area contributed by atoms with Crippen molar-refractivity contribution in [3.05, 3.63) is 52.2 Å². The number of nitrogens with zero attached hydrogens (tertiary/aromatic N) is 4. The molecule has 0 aliphatic carbocycles. The molecule has 1 fully saturated rings. The van der Waals surface area contributed by atoms with E-state index in [9.17, 15) is 4.79 Å². The Hall–Kier alpha value is -1.82. The van der Waals surface area contributed by atoms with Crippen molar-refractivity contribution in [2.75, 3.05) is 17.2 Å². The monoisotopic (exact) mass is 328 g/mol. The lowest BCUT2D eigenvalue weighted by Gasteiger charge is -2.27. The molecule has 2 aliphatic heterocycles. The van der Waals surface area contributed by atoms with Gasteiger partial charge in [-0.15, -0.1) is 0 Å². The molecular formula is C17H20N4OS. The van der Waals surface area contributed by atoms with Crippen LogP contribution in [0.25, 0.3) is 0 Å². The zero-order valence-electron chi connectivity index (χ0n) is 13.0. The minimum Gasteiger partial charge on any atom is -0.367 e. The number of hydrogen-bond acceptors (Lipinski definition) is 5. The van der Waals surface area contributed by atoms with Gasteiger partial charge in [0.05, 0.1) is 12.2 Å². The lowest BCUT2D eigenvalue weighted by atomic mass is 10.2. The van der Waals surface area contributed by atoms with Gasteiger partial charge < -0.3 is 4.90 Å². The molecule has 0 spiro atoms. The van der Waals surface area contributed by atoms with Gasteiger partial charge in [0.2, 0.25) is 0 Å². The van der Waals surface area contributed by atoms with Crippen LogP contribution in [0, 0.1) is 0 Å². The highest BCUT2D eigenvalue weighted by molar-refractivity contribution is 7.98. The first-order valence-electron chi connectivity index (χ1n) is 8.15. The molecule has 2 aromatic rings. The number of aryl methyl sites for hydroxylation is 1. The lowest BCUT2D eigenvalue weighted by molar-refractivity contribution is 0.481. The molecular weight excluding hydrogens is 308 g/mol. The molecule has 0 radical (unpaired) electrons. The zero-order chi connectivity index (χ0) is 15.6. The second-order valence-electron chi connectivity index (χ2n) is 6.13. The van der Waals surface area contributed by atoms with E-state index < -0.39 is 0 Å². The molecule has 23 heavy (non-hydrogen) atoms. The fourth-order valence-corrected chi connectivity index (χ4v) is 4.44. The van der Waals surface area contributed by atoms with Gasteiger partial charge >= 0.3 is 0 Å². The molecule has 0 N–H and O–H groups in total. The normalized spacial score (nSPS) is 20.5. The van der Waals surface area contributed by atoms with Crippen LogP contribution in [0.1, 0.15) is 24.1 Å². The van der Waals surface area contributed by atoms with Crippen molar-refractivity contribution >= 4 is 17.4 Å². The van der Waals surface area contributed by atoms with Crippen molar-refractivity contribution in [3.8, 4) is 0 Å². The van der Waals surface area contributed by atoms with Crippen LogP contribution in [0.2, 0.25) is 0 Å². The maximum Gasteiger partial charge on any atom is 0.267 e. The van der Waals surface area contributed by atoms with E-state index >= 15 is 0 Å². The summed E-state index contributed by atoms with van der Waals surface area (Å²) in [7, 11) is 0. The molecule has 5 nitrogen and oxygen atoms in total. The van der Waals surface area contributed by atoms with Crippen molar-refractivity contribution in [2.24, 2.45) is 0 Å². The summed E-state index contributed by atoms with van der Waals surface area (Å²) < 4.78 is 1.68. The number of hydrogen-bond donors (Lipinski definition) is 0. The number of fused-ring (bicyclic) bond motifs is 1. The summed E-state index contributed by atoms with van der Waals surface area (Å²) in [5.41, 5.74) is 3.45. The highest BCUT2D eigenvalue weighted by atomic mass is 32.2. The maximum atomic E-state index is 12.4. The van der Waals surface area contributed by atoms with E-state index in [1.807, 2.05) is 36.3 Å². The van der Waals surface area contributed by atoms with Crippen molar-refractivity contribution in [3.63, 3.8) is 0 Å². The van der Waals surface area contributed by atoms with Crippen LogP contribution in [0.5, 0.6) is 0 Å². The van der Waals surface area contributed by atoms with Crippen LogP contribution in [0.3, 0.4) is 0 Å². The van der Waals surface area contributed by atoms with E-state index in [1.54, 1.807) is 10.7 Å². The summed E-state index contributed by atoms with van der Waals surface area (Å²) in [6, 6.07) is 6.20.